The number of carbonyl (C=O) groups excluding carboxylic acids is 1. The molecule has 0 aromatic heterocycles. The molecule has 0 spiro atoms. The van der Waals surface area contributed by atoms with Crippen molar-refractivity contribution in [3.8, 4) is 0 Å². The Hall–Kier alpha value is -1.20. The molecular formula is C16H21NO3S. The van der Waals surface area contributed by atoms with Gasteiger partial charge in [-0.3, -0.25) is 4.79 Å². The highest BCUT2D eigenvalue weighted by molar-refractivity contribution is 7.89. The molecule has 2 aliphatic carbocycles. The molecule has 1 aromatic carbocycles. The van der Waals surface area contributed by atoms with Crippen molar-refractivity contribution >= 4 is 15.8 Å². The van der Waals surface area contributed by atoms with Crippen molar-refractivity contribution in [2.75, 3.05) is 6.54 Å². The molecule has 2 saturated carbocycles. The molecule has 21 heavy (non-hydrogen) atoms. The molecular weight excluding hydrogens is 286 g/mol. The molecule has 2 aliphatic rings. The van der Waals surface area contributed by atoms with E-state index in [0.717, 1.165) is 11.8 Å². The molecule has 0 aliphatic heterocycles. The molecule has 0 unspecified atom stereocenters. The fraction of sp³-hybridized carbons (Fsp3) is 0.562. The normalized spacial score (nSPS) is 19.0. The highest BCUT2D eigenvalue weighted by Gasteiger charge is 2.41. The summed E-state index contributed by atoms with van der Waals surface area (Å²) >= 11 is 0. The fourth-order valence-electron chi connectivity index (χ4n) is 2.93. The van der Waals surface area contributed by atoms with Gasteiger partial charge in [-0.15, -0.1) is 0 Å². The minimum atomic E-state index is -3.47. The molecule has 114 valence electrons. The van der Waals surface area contributed by atoms with Crippen LogP contribution in [0.5, 0.6) is 0 Å². The molecule has 1 aromatic rings. The van der Waals surface area contributed by atoms with Crippen LogP contribution in [-0.4, -0.2) is 20.7 Å². The van der Waals surface area contributed by atoms with Crippen molar-refractivity contribution in [2.24, 2.45) is 17.8 Å². The maximum absolute atomic E-state index is 12.3. The Morgan fingerprint density at radius 1 is 1.14 bits per heavy atom. The number of benzene rings is 1. The van der Waals surface area contributed by atoms with Gasteiger partial charge in [0.15, 0.2) is 5.78 Å². The first kappa shape index (κ1) is 14.7. The Morgan fingerprint density at radius 2 is 1.67 bits per heavy atom. The summed E-state index contributed by atoms with van der Waals surface area (Å²) in [5.74, 6) is 1.89. The monoisotopic (exact) mass is 307 g/mol. The van der Waals surface area contributed by atoms with Crippen molar-refractivity contribution in [1.82, 2.24) is 4.72 Å². The minimum Gasteiger partial charge on any atom is -0.295 e. The smallest absolute Gasteiger partial charge is 0.240 e. The zero-order valence-corrected chi connectivity index (χ0v) is 13.0. The van der Waals surface area contributed by atoms with Gasteiger partial charge in [0.05, 0.1) is 4.90 Å². The third-order valence-corrected chi connectivity index (χ3v) is 5.97. The highest BCUT2D eigenvalue weighted by Crippen LogP contribution is 2.48. The first-order chi connectivity index (χ1) is 9.97. The topological polar surface area (TPSA) is 63.2 Å². The summed E-state index contributed by atoms with van der Waals surface area (Å²) in [7, 11) is -3.47. The predicted octanol–water partition coefficient (Wildman–Crippen LogP) is 2.60. The number of Topliss-reactive ketones (excluding diaryl/α,β-unsaturated/α-hetero) is 1. The Balaban J connectivity index is 1.66. The lowest BCUT2D eigenvalue weighted by Gasteiger charge is -2.16. The van der Waals surface area contributed by atoms with Gasteiger partial charge in [-0.25, -0.2) is 13.1 Å². The van der Waals surface area contributed by atoms with Gasteiger partial charge in [0, 0.05) is 12.1 Å². The van der Waals surface area contributed by atoms with Crippen LogP contribution in [0.2, 0.25) is 0 Å². The van der Waals surface area contributed by atoms with Crippen LogP contribution < -0.4 is 4.72 Å². The van der Waals surface area contributed by atoms with E-state index in [1.807, 2.05) is 0 Å². The average molecular weight is 307 g/mol. The van der Waals surface area contributed by atoms with Crippen LogP contribution in [0.25, 0.3) is 0 Å². The van der Waals surface area contributed by atoms with E-state index in [2.05, 4.69) is 4.72 Å². The number of rotatable bonds is 7. The van der Waals surface area contributed by atoms with Gasteiger partial charge in [-0.2, -0.15) is 0 Å². The van der Waals surface area contributed by atoms with E-state index in [1.54, 1.807) is 12.1 Å². The molecule has 5 heteroatoms. The lowest BCUT2D eigenvalue weighted by atomic mass is 9.99. The van der Waals surface area contributed by atoms with Crippen molar-refractivity contribution in [2.45, 2.75) is 37.5 Å². The maximum Gasteiger partial charge on any atom is 0.240 e. The Bertz CT molecular complexity index is 616. The second-order valence-electron chi connectivity index (χ2n) is 6.27. The van der Waals surface area contributed by atoms with Gasteiger partial charge in [-0.1, -0.05) is 12.1 Å². The number of carbonyl (C=O) groups is 1. The van der Waals surface area contributed by atoms with E-state index in [0.29, 0.717) is 18.0 Å². The zero-order chi connectivity index (χ0) is 15.0. The number of nitrogens with one attached hydrogen (secondary N) is 1. The minimum absolute atomic E-state index is 0.0607. The first-order valence-corrected chi connectivity index (χ1v) is 9.06. The molecule has 1 N–H and O–H groups in total. The van der Waals surface area contributed by atoms with E-state index in [1.165, 1.54) is 44.7 Å². The molecule has 0 bridgehead atoms. The Labute approximate surface area is 126 Å². The Kier molecular flexibility index (Phi) is 3.88. The van der Waals surface area contributed by atoms with Crippen LogP contribution in [-0.2, 0) is 10.0 Å². The van der Waals surface area contributed by atoms with Crippen LogP contribution in [0.1, 0.15) is 43.0 Å². The van der Waals surface area contributed by atoms with E-state index in [-0.39, 0.29) is 10.7 Å². The van der Waals surface area contributed by atoms with Gasteiger partial charge in [0.1, 0.15) is 0 Å². The van der Waals surface area contributed by atoms with Gasteiger partial charge < -0.3 is 0 Å². The van der Waals surface area contributed by atoms with E-state index in [9.17, 15) is 13.2 Å². The maximum atomic E-state index is 12.3. The van der Waals surface area contributed by atoms with Gasteiger partial charge in [0.25, 0.3) is 0 Å². The third-order valence-electron chi connectivity index (χ3n) is 4.54. The summed E-state index contributed by atoms with van der Waals surface area (Å²) in [5, 5.41) is 0. The standard InChI is InChI=1S/C16H21NO3S/c1-11(18)12-6-8-15(9-7-12)21(19,20)17-10-16(13-2-3-13)14-4-5-14/h6-9,13-14,16-17H,2-5,10H2,1H3. The molecule has 3 rings (SSSR count). The van der Waals surface area contributed by atoms with Crippen molar-refractivity contribution in [1.29, 1.82) is 0 Å². The van der Waals surface area contributed by atoms with E-state index in [4.69, 9.17) is 0 Å². The Morgan fingerprint density at radius 3 is 2.10 bits per heavy atom. The molecule has 0 radical (unpaired) electrons. The first-order valence-electron chi connectivity index (χ1n) is 7.58. The summed E-state index contributed by atoms with van der Waals surface area (Å²) < 4.78 is 27.4. The quantitative estimate of drug-likeness (QED) is 0.788. The van der Waals surface area contributed by atoms with Gasteiger partial charge in [-0.05, 0) is 62.5 Å². The van der Waals surface area contributed by atoms with Crippen molar-refractivity contribution < 1.29 is 13.2 Å². The van der Waals surface area contributed by atoms with E-state index >= 15 is 0 Å². The SMILES string of the molecule is CC(=O)c1ccc(S(=O)(=O)NCC(C2CC2)C2CC2)cc1. The largest absolute Gasteiger partial charge is 0.295 e. The lowest BCUT2D eigenvalue weighted by molar-refractivity contribution is 0.101. The van der Waals surface area contributed by atoms with Crippen LogP contribution in [0, 0.1) is 17.8 Å². The number of sulfonamides is 1. The fourth-order valence-corrected chi connectivity index (χ4v) is 4.00. The van der Waals surface area contributed by atoms with Crippen LogP contribution in [0.15, 0.2) is 29.2 Å². The van der Waals surface area contributed by atoms with E-state index < -0.39 is 10.0 Å². The number of hydrogen-bond acceptors (Lipinski definition) is 3. The molecule has 0 atom stereocenters. The molecule has 4 nitrogen and oxygen atoms in total. The average Bonchev–Trinajstić information content (AvgIpc) is 3.32. The number of ketones is 1. The lowest BCUT2D eigenvalue weighted by Crippen LogP contribution is -2.31. The van der Waals surface area contributed by atoms with Crippen molar-refractivity contribution in [3.05, 3.63) is 29.8 Å². The van der Waals surface area contributed by atoms with Crippen molar-refractivity contribution in [3.63, 3.8) is 0 Å². The zero-order valence-electron chi connectivity index (χ0n) is 12.2. The summed E-state index contributed by atoms with van der Waals surface area (Å²) in [6, 6.07) is 6.14. The highest BCUT2D eigenvalue weighted by atomic mass is 32.2. The number of hydrogen-bond donors (Lipinski definition) is 1. The predicted molar refractivity (Wildman–Crippen MR) is 80.6 cm³/mol. The summed E-state index contributed by atoms with van der Waals surface area (Å²) in [6.07, 6.45) is 4.98. The van der Waals surface area contributed by atoms with Crippen LogP contribution in [0.3, 0.4) is 0 Å². The summed E-state index contributed by atoms with van der Waals surface area (Å²) in [4.78, 5) is 11.5. The second kappa shape index (κ2) is 5.54. The van der Waals surface area contributed by atoms with Crippen LogP contribution in [0.4, 0.5) is 0 Å². The third kappa shape index (κ3) is 3.52. The molecule has 0 saturated heterocycles. The molecule has 2 fully saturated rings. The summed E-state index contributed by atoms with van der Waals surface area (Å²) in [6.45, 7) is 2.02. The van der Waals surface area contributed by atoms with Gasteiger partial charge >= 0.3 is 0 Å². The molecule has 0 heterocycles. The van der Waals surface area contributed by atoms with Crippen LogP contribution >= 0.6 is 0 Å². The summed E-state index contributed by atoms with van der Waals surface area (Å²) in [5.41, 5.74) is 0.530. The van der Waals surface area contributed by atoms with Gasteiger partial charge in [0.2, 0.25) is 10.0 Å². The second-order valence-corrected chi connectivity index (χ2v) is 8.04. The molecule has 0 amide bonds.